The lowest BCUT2D eigenvalue weighted by Crippen LogP contribution is -2.56. The van der Waals surface area contributed by atoms with E-state index in [9.17, 15) is 9.59 Å². The molecule has 2 atom stereocenters. The summed E-state index contributed by atoms with van der Waals surface area (Å²) < 4.78 is 5.87. The molecule has 2 amide bonds. The highest BCUT2D eigenvalue weighted by Crippen LogP contribution is 2.16. The Kier molecular flexibility index (Phi) is 10.6. The predicted molar refractivity (Wildman–Crippen MR) is 138 cm³/mol. The lowest BCUT2D eigenvalue weighted by molar-refractivity contribution is -0.131. The summed E-state index contributed by atoms with van der Waals surface area (Å²) in [6.45, 7) is 13.1. The number of hydrogen-bond donors (Lipinski definition) is 3. The van der Waals surface area contributed by atoms with Crippen LogP contribution in [0.25, 0.3) is 0 Å². The van der Waals surface area contributed by atoms with Crippen LogP contribution in [0, 0.1) is 5.92 Å². The molecule has 2 aromatic rings. The van der Waals surface area contributed by atoms with Crippen LogP contribution in [0.3, 0.4) is 0 Å². The third-order valence-electron chi connectivity index (χ3n) is 5.22. The van der Waals surface area contributed by atoms with Gasteiger partial charge in [-0.05, 0) is 62.9 Å². The van der Waals surface area contributed by atoms with E-state index in [0.717, 1.165) is 16.9 Å². The molecule has 34 heavy (non-hydrogen) atoms. The Morgan fingerprint density at radius 3 is 2.09 bits per heavy atom. The van der Waals surface area contributed by atoms with Gasteiger partial charge in [0.15, 0.2) is 0 Å². The van der Waals surface area contributed by atoms with Gasteiger partial charge in [-0.15, -0.1) is 0 Å². The molecule has 2 rings (SSSR count). The van der Waals surface area contributed by atoms with E-state index in [1.165, 1.54) is 0 Å². The zero-order valence-electron chi connectivity index (χ0n) is 21.5. The Balaban J connectivity index is 2.09. The van der Waals surface area contributed by atoms with Crippen LogP contribution in [0.2, 0.25) is 0 Å². The van der Waals surface area contributed by atoms with Crippen LogP contribution in [0.1, 0.15) is 59.1 Å². The van der Waals surface area contributed by atoms with Gasteiger partial charge in [0.2, 0.25) is 11.8 Å². The van der Waals surface area contributed by atoms with Crippen LogP contribution >= 0.6 is 0 Å². The topological polar surface area (TPSA) is 79.5 Å². The van der Waals surface area contributed by atoms with E-state index in [4.69, 9.17) is 4.74 Å². The van der Waals surface area contributed by atoms with Crippen LogP contribution in [0.5, 0.6) is 5.75 Å². The molecule has 2 aromatic carbocycles. The van der Waals surface area contributed by atoms with Crippen molar-refractivity contribution in [1.82, 2.24) is 16.0 Å². The molecule has 0 aromatic heterocycles. The molecule has 3 N–H and O–H groups in total. The molecule has 0 bridgehead atoms. The van der Waals surface area contributed by atoms with E-state index in [-0.39, 0.29) is 17.9 Å². The van der Waals surface area contributed by atoms with E-state index in [1.807, 2.05) is 82.3 Å². The van der Waals surface area contributed by atoms with Gasteiger partial charge in [0.05, 0.1) is 6.04 Å². The third-order valence-corrected chi connectivity index (χ3v) is 5.22. The molecular weight excluding hydrogens is 426 g/mol. The molecule has 0 aliphatic carbocycles. The lowest BCUT2D eigenvalue weighted by atomic mass is 10.00. The Morgan fingerprint density at radius 1 is 0.882 bits per heavy atom. The van der Waals surface area contributed by atoms with Crippen LogP contribution in [-0.4, -0.2) is 36.0 Å². The lowest BCUT2D eigenvalue weighted by Gasteiger charge is -2.27. The summed E-state index contributed by atoms with van der Waals surface area (Å²) in [7, 11) is 0. The molecule has 0 aliphatic heterocycles. The van der Waals surface area contributed by atoms with Crippen molar-refractivity contribution in [2.45, 2.75) is 78.6 Å². The van der Waals surface area contributed by atoms with Gasteiger partial charge in [-0.25, -0.2) is 0 Å². The van der Waals surface area contributed by atoms with E-state index in [1.54, 1.807) is 0 Å². The summed E-state index contributed by atoms with van der Waals surface area (Å²) in [5, 5.41) is 9.25. The largest absolute Gasteiger partial charge is 0.489 e. The minimum atomic E-state index is -0.670. The van der Waals surface area contributed by atoms with Crippen LogP contribution in [0.15, 0.2) is 54.6 Å². The first-order chi connectivity index (χ1) is 16.1. The Labute approximate surface area is 204 Å². The minimum absolute atomic E-state index is 0.146. The fourth-order valence-corrected chi connectivity index (χ4v) is 3.64. The number of likely N-dealkylation sites (N-methyl/N-ethyl adjacent to an activating group) is 1. The number of nitrogens with one attached hydrogen (secondary N) is 3. The summed E-state index contributed by atoms with van der Waals surface area (Å²) in [5.41, 5.74) is 1.66. The fraction of sp³-hybridized carbons (Fsp3) is 0.500. The quantitative estimate of drug-likeness (QED) is 0.436. The summed E-state index contributed by atoms with van der Waals surface area (Å²) in [5.74, 6) is 0.786. The van der Waals surface area contributed by atoms with Crippen LogP contribution in [0.4, 0.5) is 0 Å². The van der Waals surface area contributed by atoms with Gasteiger partial charge in [-0.1, -0.05) is 63.2 Å². The number of ether oxygens (including phenoxy) is 1. The molecule has 0 saturated carbocycles. The summed E-state index contributed by atoms with van der Waals surface area (Å²) in [6, 6.07) is 16.7. The van der Waals surface area contributed by atoms with Crippen molar-refractivity contribution in [3.8, 4) is 5.75 Å². The van der Waals surface area contributed by atoms with Gasteiger partial charge in [0.25, 0.3) is 0 Å². The molecule has 0 fully saturated rings. The van der Waals surface area contributed by atoms with Crippen molar-refractivity contribution in [3.05, 3.63) is 65.7 Å². The molecular formula is C28H41N3O3. The molecule has 186 valence electrons. The maximum Gasteiger partial charge on any atom is 0.243 e. The van der Waals surface area contributed by atoms with E-state index in [0.29, 0.717) is 31.9 Å². The van der Waals surface area contributed by atoms with Gasteiger partial charge < -0.3 is 20.7 Å². The molecule has 0 radical (unpaired) electrons. The van der Waals surface area contributed by atoms with E-state index >= 15 is 0 Å². The predicted octanol–water partition coefficient (Wildman–Crippen LogP) is 4.23. The highest BCUT2D eigenvalue weighted by atomic mass is 16.5. The Hall–Kier alpha value is -2.86. The first kappa shape index (κ1) is 27.4. The van der Waals surface area contributed by atoms with E-state index < -0.39 is 11.6 Å². The van der Waals surface area contributed by atoms with Gasteiger partial charge in [-0.2, -0.15) is 0 Å². The van der Waals surface area contributed by atoms with Gasteiger partial charge in [-0.3, -0.25) is 9.59 Å². The highest BCUT2D eigenvalue weighted by molar-refractivity contribution is 5.90. The summed E-state index contributed by atoms with van der Waals surface area (Å²) in [4.78, 5) is 26.1. The van der Waals surface area contributed by atoms with Gasteiger partial charge in [0, 0.05) is 12.0 Å². The summed E-state index contributed by atoms with van der Waals surface area (Å²) in [6.07, 6.45) is 1.11. The van der Waals surface area contributed by atoms with Crippen molar-refractivity contribution in [2.75, 3.05) is 6.54 Å². The standard InChI is InChI=1S/C28H41N3O3/c1-7-29-24(17-20(2)3)26(32)30-25(27(33)31-28(4,5)6)18-21-13-15-23(16-14-21)34-19-22-11-9-8-10-12-22/h8-16,20,24-25,29H,7,17-19H2,1-6H3,(H,30,32)(H,31,33)/t24-,25-/m0/s1. The number of hydrogen-bond acceptors (Lipinski definition) is 4. The fourth-order valence-electron chi connectivity index (χ4n) is 3.64. The highest BCUT2D eigenvalue weighted by Gasteiger charge is 2.28. The Morgan fingerprint density at radius 2 is 1.53 bits per heavy atom. The second kappa shape index (κ2) is 13.1. The Bertz CT molecular complexity index is 889. The second-order valence-corrected chi connectivity index (χ2v) is 10.2. The minimum Gasteiger partial charge on any atom is -0.489 e. The smallest absolute Gasteiger partial charge is 0.243 e. The zero-order chi connectivity index (χ0) is 25.1. The molecule has 0 saturated heterocycles. The van der Waals surface area contributed by atoms with Crippen molar-refractivity contribution in [3.63, 3.8) is 0 Å². The summed E-state index contributed by atoms with van der Waals surface area (Å²) >= 11 is 0. The average Bonchev–Trinajstić information content (AvgIpc) is 2.77. The molecule has 0 heterocycles. The zero-order valence-corrected chi connectivity index (χ0v) is 21.5. The molecule has 6 heteroatoms. The average molecular weight is 468 g/mol. The maximum absolute atomic E-state index is 13.1. The van der Waals surface area contributed by atoms with Crippen molar-refractivity contribution in [1.29, 1.82) is 0 Å². The third kappa shape index (κ3) is 9.96. The van der Waals surface area contributed by atoms with Crippen molar-refractivity contribution < 1.29 is 14.3 Å². The van der Waals surface area contributed by atoms with Gasteiger partial charge >= 0.3 is 0 Å². The number of carbonyl (C=O) groups excluding carboxylic acids is 2. The number of benzene rings is 2. The molecule has 0 unspecified atom stereocenters. The normalized spacial score (nSPS) is 13.3. The van der Waals surface area contributed by atoms with Crippen LogP contribution in [-0.2, 0) is 22.6 Å². The number of rotatable bonds is 12. The monoisotopic (exact) mass is 467 g/mol. The first-order valence-corrected chi connectivity index (χ1v) is 12.2. The number of amides is 2. The molecule has 0 aliphatic rings. The number of carbonyl (C=O) groups is 2. The molecule has 0 spiro atoms. The van der Waals surface area contributed by atoms with Crippen LogP contribution < -0.4 is 20.7 Å². The first-order valence-electron chi connectivity index (χ1n) is 12.2. The molecule has 6 nitrogen and oxygen atoms in total. The second-order valence-electron chi connectivity index (χ2n) is 10.2. The maximum atomic E-state index is 13.1. The van der Waals surface area contributed by atoms with Crippen molar-refractivity contribution in [2.24, 2.45) is 5.92 Å². The van der Waals surface area contributed by atoms with Crippen molar-refractivity contribution >= 4 is 11.8 Å². The van der Waals surface area contributed by atoms with E-state index in [2.05, 4.69) is 29.8 Å². The van der Waals surface area contributed by atoms with Gasteiger partial charge in [0.1, 0.15) is 18.4 Å². The SMILES string of the molecule is CCN[C@@H](CC(C)C)C(=O)N[C@@H](Cc1ccc(OCc2ccccc2)cc1)C(=O)NC(C)(C)C.